The first kappa shape index (κ1) is 31.4. The third-order valence-corrected chi connectivity index (χ3v) is 8.42. The van der Waals surface area contributed by atoms with Gasteiger partial charge in [0.25, 0.3) is 0 Å². The Hall–Kier alpha value is -0.630. The summed E-state index contributed by atoms with van der Waals surface area (Å²) in [5, 5.41) is 0.712. The van der Waals surface area contributed by atoms with Crippen LogP contribution in [0.25, 0.3) is 0 Å². The summed E-state index contributed by atoms with van der Waals surface area (Å²) < 4.78 is 25.7. The van der Waals surface area contributed by atoms with Crippen LogP contribution in [0.2, 0.25) is 0 Å². The zero-order valence-electron chi connectivity index (χ0n) is 23.2. The van der Waals surface area contributed by atoms with E-state index in [4.69, 9.17) is 9.05 Å². The van der Waals surface area contributed by atoms with E-state index in [2.05, 4.69) is 46.8 Å². The van der Waals surface area contributed by atoms with Crippen LogP contribution in [-0.2, 0) is 20.0 Å². The van der Waals surface area contributed by atoms with E-state index in [-0.39, 0.29) is 0 Å². The van der Waals surface area contributed by atoms with Crippen LogP contribution in [0.5, 0.6) is 0 Å². The van der Waals surface area contributed by atoms with Crippen molar-refractivity contribution in [2.45, 2.75) is 131 Å². The molecule has 0 heterocycles. The highest BCUT2D eigenvalue weighted by atomic mass is 31.2. The van der Waals surface area contributed by atoms with Crippen LogP contribution in [0.1, 0.15) is 130 Å². The van der Waals surface area contributed by atoms with E-state index in [9.17, 15) is 4.57 Å². The minimum absolute atomic E-state index is 0.502. The van der Waals surface area contributed by atoms with E-state index in [1.807, 2.05) is 12.1 Å². The summed E-state index contributed by atoms with van der Waals surface area (Å²) in [7, 11) is -3.27. The number of unbranched alkanes of at least 4 members (excludes halogenated alkanes) is 9. The Kier molecular flexibility index (Phi) is 18.1. The molecule has 0 bridgehead atoms. The van der Waals surface area contributed by atoms with E-state index in [1.54, 1.807) is 0 Å². The maximum absolute atomic E-state index is 13.7. The summed E-state index contributed by atoms with van der Waals surface area (Å²) in [5.74, 6) is 1.47. The molecule has 0 N–H and O–H groups in total. The number of hydrogen-bond donors (Lipinski definition) is 0. The third kappa shape index (κ3) is 15.4. The van der Waals surface area contributed by atoms with Gasteiger partial charge in [-0.1, -0.05) is 117 Å². The van der Waals surface area contributed by atoms with Gasteiger partial charge >= 0.3 is 7.60 Å². The molecule has 0 unspecified atom stereocenters. The predicted molar refractivity (Wildman–Crippen MR) is 149 cm³/mol. The zero-order valence-corrected chi connectivity index (χ0v) is 24.1. The summed E-state index contributed by atoms with van der Waals surface area (Å²) in [5.41, 5.74) is 1.31. The van der Waals surface area contributed by atoms with Gasteiger partial charge in [-0.05, 0) is 55.2 Å². The van der Waals surface area contributed by atoms with Crippen LogP contribution in [0.4, 0.5) is 0 Å². The average Bonchev–Trinajstić information content (AvgIpc) is 2.81. The van der Waals surface area contributed by atoms with Gasteiger partial charge < -0.3 is 9.05 Å². The molecule has 1 aromatic rings. The molecule has 0 aromatic heterocycles. The largest absolute Gasteiger partial charge is 0.361 e. The molecule has 0 spiro atoms. The fourth-order valence-electron chi connectivity index (χ4n) is 4.17. The Morgan fingerprint density at radius 3 is 1.62 bits per heavy atom. The summed E-state index contributed by atoms with van der Waals surface area (Å²) in [6.07, 6.45) is 17.9. The number of hydrogen-bond acceptors (Lipinski definition) is 3. The Morgan fingerprint density at radius 2 is 1.12 bits per heavy atom. The van der Waals surface area contributed by atoms with Crippen molar-refractivity contribution in [3.63, 3.8) is 0 Å². The normalized spacial score (nSPS) is 12.2. The van der Waals surface area contributed by atoms with Gasteiger partial charge in [0, 0.05) is 0 Å². The van der Waals surface area contributed by atoms with Gasteiger partial charge in [-0.2, -0.15) is 0 Å². The molecule has 4 heteroatoms. The lowest BCUT2D eigenvalue weighted by atomic mass is 10.1. The second-order valence-electron chi connectivity index (χ2n) is 10.8. The van der Waals surface area contributed by atoms with Crippen LogP contribution in [0, 0.1) is 11.8 Å². The lowest BCUT2D eigenvalue weighted by Gasteiger charge is -2.19. The molecule has 0 saturated heterocycles. The molecular weight excluding hydrogens is 439 g/mol. The number of aryl methyl sites for hydroxylation is 1. The van der Waals surface area contributed by atoms with Crippen LogP contribution in [0.15, 0.2) is 24.3 Å². The highest BCUT2D eigenvalue weighted by Crippen LogP contribution is 2.47. The second-order valence-corrected chi connectivity index (χ2v) is 12.9. The second kappa shape index (κ2) is 19.5. The minimum atomic E-state index is -3.27. The monoisotopic (exact) mass is 494 g/mol. The lowest BCUT2D eigenvalue weighted by molar-refractivity contribution is 0.205. The highest BCUT2D eigenvalue weighted by Gasteiger charge is 2.27. The van der Waals surface area contributed by atoms with Gasteiger partial charge in [-0.3, -0.25) is 4.57 Å². The zero-order chi connectivity index (χ0) is 25.1. The molecule has 0 radical (unpaired) electrons. The van der Waals surface area contributed by atoms with Crippen LogP contribution < -0.4 is 5.30 Å². The maximum Gasteiger partial charge on any atom is 0.361 e. The quantitative estimate of drug-likeness (QED) is 0.119. The summed E-state index contributed by atoms with van der Waals surface area (Å²) >= 11 is 0. The van der Waals surface area contributed by atoms with Gasteiger partial charge in [-0.25, -0.2) is 0 Å². The Balaban J connectivity index is 2.57. The first-order valence-corrected chi connectivity index (χ1v) is 15.9. The smallest absolute Gasteiger partial charge is 0.305 e. The van der Waals surface area contributed by atoms with Crippen LogP contribution in [-0.4, -0.2) is 13.2 Å². The molecule has 0 saturated carbocycles. The molecule has 0 atom stereocenters. The van der Waals surface area contributed by atoms with E-state index < -0.39 is 7.60 Å². The van der Waals surface area contributed by atoms with E-state index in [1.165, 1.54) is 69.8 Å². The van der Waals surface area contributed by atoms with Crippen molar-refractivity contribution in [3.05, 3.63) is 29.8 Å². The van der Waals surface area contributed by atoms with Crippen molar-refractivity contribution in [3.8, 4) is 0 Å². The summed E-state index contributed by atoms with van der Waals surface area (Å²) in [6, 6.07) is 8.19. The summed E-state index contributed by atoms with van der Waals surface area (Å²) in [4.78, 5) is 0. The van der Waals surface area contributed by atoms with Crippen LogP contribution in [0.3, 0.4) is 0 Å². The maximum atomic E-state index is 13.7. The van der Waals surface area contributed by atoms with Crippen LogP contribution >= 0.6 is 7.60 Å². The van der Waals surface area contributed by atoms with E-state index in [0.29, 0.717) is 18.5 Å². The van der Waals surface area contributed by atoms with Crippen molar-refractivity contribution >= 4 is 12.9 Å². The van der Waals surface area contributed by atoms with E-state index >= 15 is 0 Å². The van der Waals surface area contributed by atoms with Crippen molar-refractivity contribution in [1.82, 2.24) is 0 Å². The number of rotatable bonds is 22. The number of benzene rings is 1. The van der Waals surface area contributed by atoms with Gasteiger partial charge in [0.05, 0.1) is 18.5 Å². The lowest BCUT2D eigenvalue weighted by Crippen LogP contribution is -2.12. The van der Waals surface area contributed by atoms with Crippen molar-refractivity contribution in [2.75, 3.05) is 13.2 Å². The Bertz CT molecular complexity index is 615. The van der Waals surface area contributed by atoms with E-state index in [0.717, 1.165) is 43.9 Å². The molecule has 1 rings (SSSR count). The topological polar surface area (TPSA) is 35.5 Å². The van der Waals surface area contributed by atoms with Gasteiger partial charge in [0.15, 0.2) is 0 Å². The predicted octanol–water partition coefficient (Wildman–Crippen LogP) is 9.87. The summed E-state index contributed by atoms with van der Waals surface area (Å²) in [6.45, 7) is 12.3. The Morgan fingerprint density at radius 1 is 0.647 bits per heavy atom. The van der Waals surface area contributed by atoms with Crippen molar-refractivity contribution < 1.29 is 13.6 Å². The fourth-order valence-corrected chi connectivity index (χ4v) is 5.80. The molecule has 0 aliphatic rings. The molecular formula is C30H55O3P. The standard InChI is InChI=1S/C30H55O3P/c1-6-7-8-9-10-15-20-29-21-23-30(24-22-29)34(31,32-25-16-11-13-18-27(2)3)33-26-17-12-14-19-28(4)5/h21-24,27-28H,6-20,25-26H2,1-5H3. The molecule has 34 heavy (non-hydrogen) atoms. The average molecular weight is 495 g/mol. The first-order chi connectivity index (χ1) is 16.4. The van der Waals surface area contributed by atoms with Gasteiger partial charge in [0.2, 0.25) is 0 Å². The van der Waals surface area contributed by atoms with Gasteiger partial charge in [-0.15, -0.1) is 0 Å². The molecule has 0 amide bonds. The highest BCUT2D eigenvalue weighted by molar-refractivity contribution is 7.62. The molecule has 1 aromatic carbocycles. The SMILES string of the molecule is CCCCCCCCc1ccc(P(=O)(OCCCCCC(C)C)OCCCCCC(C)C)cc1. The van der Waals surface area contributed by atoms with Gasteiger partial charge in [0.1, 0.15) is 0 Å². The fraction of sp³-hybridized carbons (Fsp3) is 0.800. The van der Waals surface area contributed by atoms with Crippen molar-refractivity contribution in [2.24, 2.45) is 11.8 Å². The third-order valence-electron chi connectivity index (χ3n) is 6.45. The van der Waals surface area contributed by atoms with Crippen molar-refractivity contribution in [1.29, 1.82) is 0 Å². The molecule has 0 aliphatic heterocycles. The minimum Gasteiger partial charge on any atom is -0.305 e. The molecule has 3 nitrogen and oxygen atoms in total. The molecule has 0 fully saturated rings. The first-order valence-electron chi connectivity index (χ1n) is 14.4. The molecule has 0 aliphatic carbocycles. The Labute approximate surface area is 212 Å². The molecule has 198 valence electrons.